The van der Waals surface area contributed by atoms with E-state index in [-0.39, 0.29) is 27.9 Å². The van der Waals surface area contributed by atoms with Crippen molar-refractivity contribution in [1.82, 2.24) is 4.98 Å². The van der Waals surface area contributed by atoms with Crippen LogP contribution in [0.4, 0.5) is 5.13 Å². The summed E-state index contributed by atoms with van der Waals surface area (Å²) in [5.74, 6) is -2.04. The first kappa shape index (κ1) is 24.9. The molecule has 1 fully saturated rings. The van der Waals surface area contributed by atoms with Crippen molar-refractivity contribution < 1.29 is 29.0 Å². The van der Waals surface area contributed by atoms with E-state index in [9.17, 15) is 19.5 Å². The van der Waals surface area contributed by atoms with Crippen molar-refractivity contribution in [2.45, 2.75) is 19.9 Å². The highest BCUT2D eigenvalue weighted by Gasteiger charge is 2.48. The van der Waals surface area contributed by atoms with Gasteiger partial charge in [-0.3, -0.25) is 14.5 Å². The molecule has 0 aliphatic carbocycles. The zero-order chi connectivity index (χ0) is 26.0. The zero-order valence-electron chi connectivity index (χ0n) is 20.0. The number of esters is 1. The third kappa shape index (κ3) is 4.52. The van der Waals surface area contributed by atoms with Crippen LogP contribution in [0.15, 0.2) is 66.8 Å². The average Bonchev–Trinajstić information content (AvgIpc) is 3.39. The molecule has 1 unspecified atom stereocenters. The minimum Gasteiger partial charge on any atom is -0.507 e. The third-order valence-electron chi connectivity index (χ3n) is 5.71. The van der Waals surface area contributed by atoms with Gasteiger partial charge in [0.2, 0.25) is 0 Å². The Morgan fingerprint density at radius 2 is 1.81 bits per heavy atom. The number of nitrogens with zero attached hydrogens (tertiary/aromatic N) is 2. The monoisotopic (exact) mass is 504 g/mol. The predicted octanol–water partition coefficient (Wildman–Crippen LogP) is 4.74. The summed E-state index contributed by atoms with van der Waals surface area (Å²) in [7, 11) is 1.52. The summed E-state index contributed by atoms with van der Waals surface area (Å²) in [5.41, 5.74) is 2.25. The van der Waals surface area contributed by atoms with Crippen LogP contribution < -0.4 is 9.64 Å². The summed E-state index contributed by atoms with van der Waals surface area (Å²) in [6.07, 6.45) is 1.45. The Kier molecular flexibility index (Phi) is 7.03. The van der Waals surface area contributed by atoms with Gasteiger partial charge in [-0.15, -0.1) is 0 Å². The number of rotatable bonds is 7. The topological polar surface area (TPSA) is 106 Å². The maximum Gasteiger partial charge on any atom is 0.350 e. The molecule has 0 spiro atoms. The molecule has 8 nitrogen and oxygen atoms in total. The molecule has 36 heavy (non-hydrogen) atoms. The van der Waals surface area contributed by atoms with E-state index in [1.807, 2.05) is 19.1 Å². The van der Waals surface area contributed by atoms with Crippen LogP contribution in [0.5, 0.6) is 5.75 Å². The predicted molar refractivity (Wildman–Crippen MR) is 136 cm³/mol. The van der Waals surface area contributed by atoms with Crippen molar-refractivity contribution in [3.05, 3.63) is 94.0 Å². The molecule has 0 saturated carbocycles. The molecule has 1 N–H and O–H groups in total. The Morgan fingerprint density at radius 3 is 2.42 bits per heavy atom. The molecule has 1 aromatic heterocycles. The number of Topliss-reactive ketones (excluding diaryl/α,β-unsaturated/α-hetero) is 1. The van der Waals surface area contributed by atoms with Gasteiger partial charge >= 0.3 is 11.9 Å². The number of carbonyl (C=O) groups excluding carboxylic acids is 3. The Balaban J connectivity index is 1.86. The van der Waals surface area contributed by atoms with Crippen LogP contribution in [0.1, 0.15) is 38.1 Å². The number of carbonyl (C=O) groups is 3. The summed E-state index contributed by atoms with van der Waals surface area (Å²) in [4.78, 5) is 44.9. The number of ketones is 1. The molecule has 2 aromatic carbocycles. The zero-order valence-corrected chi connectivity index (χ0v) is 20.8. The summed E-state index contributed by atoms with van der Waals surface area (Å²) in [6.45, 7) is 7.10. The summed E-state index contributed by atoms with van der Waals surface area (Å²) in [6, 6.07) is 12.9. The molecule has 1 amide bonds. The van der Waals surface area contributed by atoms with E-state index in [1.54, 1.807) is 43.3 Å². The Hall–Kier alpha value is -4.24. The number of aromatic nitrogens is 1. The molecule has 0 bridgehead atoms. The highest BCUT2D eigenvalue weighted by molar-refractivity contribution is 7.17. The van der Waals surface area contributed by atoms with Crippen LogP contribution in [0, 0.1) is 13.8 Å². The summed E-state index contributed by atoms with van der Waals surface area (Å²) in [5, 5.41) is 11.4. The summed E-state index contributed by atoms with van der Waals surface area (Å²) < 4.78 is 10.3. The van der Waals surface area contributed by atoms with Crippen molar-refractivity contribution in [3.8, 4) is 5.75 Å². The van der Waals surface area contributed by atoms with E-state index >= 15 is 0 Å². The lowest BCUT2D eigenvalue weighted by Crippen LogP contribution is -2.29. The van der Waals surface area contributed by atoms with Gasteiger partial charge in [-0.05, 0) is 43.7 Å². The van der Waals surface area contributed by atoms with E-state index in [4.69, 9.17) is 9.47 Å². The molecule has 1 atom stereocenters. The van der Waals surface area contributed by atoms with Gasteiger partial charge in [-0.2, -0.15) is 0 Å². The number of thiazole rings is 1. The first-order valence-corrected chi connectivity index (χ1v) is 11.9. The van der Waals surface area contributed by atoms with Crippen LogP contribution in [0.3, 0.4) is 0 Å². The molecular formula is C27H24N2O6S. The minimum atomic E-state index is -0.949. The molecule has 3 aromatic rings. The molecule has 0 radical (unpaired) electrons. The van der Waals surface area contributed by atoms with Crippen LogP contribution in [0.2, 0.25) is 0 Å². The molecule has 9 heteroatoms. The first-order valence-electron chi connectivity index (χ1n) is 11.0. The van der Waals surface area contributed by atoms with Crippen molar-refractivity contribution in [3.63, 3.8) is 0 Å². The molecule has 1 aliphatic heterocycles. The fourth-order valence-electron chi connectivity index (χ4n) is 3.87. The number of aliphatic hydroxyl groups is 1. The Morgan fingerprint density at radius 1 is 1.14 bits per heavy atom. The quantitative estimate of drug-likeness (QED) is 0.163. The molecule has 4 rings (SSSR count). The molecule has 1 saturated heterocycles. The number of hydrogen-bond acceptors (Lipinski definition) is 8. The lowest BCUT2D eigenvalue weighted by molar-refractivity contribution is -0.132. The van der Waals surface area contributed by atoms with E-state index in [0.717, 1.165) is 16.9 Å². The van der Waals surface area contributed by atoms with E-state index < -0.39 is 23.7 Å². The van der Waals surface area contributed by atoms with Crippen molar-refractivity contribution in [2.75, 3.05) is 18.6 Å². The Bertz CT molecular complexity index is 1370. The highest BCUT2D eigenvalue weighted by Crippen LogP contribution is 2.44. The van der Waals surface area contributed by atoms with E-state index in [2.05, 4.69) is 11.6 Å². The number of benzene rings is 2. The minimum absolute atomic E-state index is 0.0290. The average molecular weight is 505 g/mol. The smallest absolute Gasteiger partial charge is 0.350 e. The molecule has 1 aliphatic rings. The second-order valence-corrected chi connectivity index (χ2v) is 9.08. The van der Waals surface area contributed by atoms with Gasteiger partial charge < -0.3 is 14.6 Å². The maximum atomic E-state index is 13.3. The van der Waals surface area contributed by atoms with Crippen LogP contribution >= 0.6 is 11.3 Å². The second kappa shape index (κ2) is 10.2. The summed E-state index contributed by atoms with van der Waals surface area (Å²) >= 11 is 0.949. The van der Waals surface area contributed by atoms with Gasteiger partial charge in [0, 0.05) is 5.56 Å². The SMILES string of the molecule is C=CCOC(=O)c1sc(N2C(=O)C(=O)/C(=C(\O)c3ccc(OC)cc3)C2c2ccc(C)cc2)nc1C. The molecule has 184 valence electrons. The van der Waals surface area contributed by atoms with Gasteiger partial charge in [0.05, 0.1) is 24.4 Å². The van der Waals surface area contributed by atoms with Gasteiger partial charge in [-0.1, -0.05) is 53.8 Å². The van der Waals surface area contributed by atoms with Gasteiger partial charge in [0.25, 0.3) is 5.78 Å². The number of anilines is 1. The normalized spacial score (nSPS) is 16.8. The molecule has 2 heterocycles. The van der Waals surface area contributed by atoms with Crippen LogP contribution in [-0.4, -0.2) is 41.5 Å². The first-order chi connectivity index (χ1) is 17.3. The van der Waals surface area contributed by atoms with Crippen LogP contribution in [0.25, 0.3) is 5.76 Å². The lowest BCUT2D eigenvalue weighted by atomic mass is 9.95. The number of methoxy groups -OCH3 is 1. The molecular weight excluding hydrogens is 480 g/mol. The number of aryl methyl sites for hydroxylation is 2. The van der Waals surface area contributed by atoms with Crippen molar-refractivity contribution in [1.29, 1.82) is 0 Å². The third-order valence-corrected chi connectivity index (χ3v) is 6.85. The fraction of sp³-hybridized carbons (Fsp3) is 0.185. The number of amides is 1. The van der Waals surface area contributed by atoms with Crippen LogP contribution in [-0.2, 0) is 14.3 Å². The number of ether oxygens (including phenoxy) is 2. The lowest BCUT2D eigenvalue weighted by Gasteiger charge is -2.23. The van der Waals surface area contributed by atoms with E-state index in [1.165, 1.54) is 18.1 Å². The second-order valence-electron chi connectivity index (χ2n) is 8.11. The number of hydrogen-bond donors (Lipinski definition) is 1. The van der Waals surface area contributed by atoms with Crippen molar-refractivity contribution in [2.24, 2.45) is 0 Å². The Labute approximate surface area is 212 Å². The standard InChI is InChI=1S/C27H24N2O6S/c1-5-14-35-26(33)24-16(3)28-27(36-24)29-21(17-8-6-15(2)7-9-17)20(23(31)25(29)32)22(30)18-10-12-19(34-4)13-11-18/h5-13,21,30H,1,14H2,2-4H3/b22-20-. The van der Waals surface area contributed by atoms with E-state index in [0.29, 0.717) is 22.6 Å². The number of aliphatic hydroxyl groups excluding tert-OH is 1. The largest absolute Gasteiger partial charge is 0.507 e. The highest BCUT2D eigenvalue weighted by atomic mass is 32.1. The maximum absolute atomic E-state index is 13.3. The fourth-order valence-corrected chi connectivity index (χ4v) is 4.86. The van der Waals surface area contributed by atoms with Gasteiger partial charge in [0.15, 0.2) is 5.13 Å². The van der Waals surface area contributed by atoms with Gasteiger partial charge in [-0.25, -0.2) is 9.78 Å². The van der Waals surface area contributed by atoms with Crippen molar-refractivity contribution >= 4 is 39.9 Å². The van der Waals surface area contributed by atoms with Gasteiger partial charge in [0.1, 0.15) is 23.0 Å².